The highest BCUT2D eigenvalue weighted by molar-refractivity contribution is 9.10. The third kappa shape index (κ3) is 3.52. The normalized spacial score (nSPS) is 12.2. The molecule has 2 aromatic carbocycles. The van der Waals surface area contributed by atoms with Crippen molar-refractivity contribution in [3.8, 4) is 5.75 Å². The highest BCUT2D eigenvalue weighted by atomic mass is 79.9. The van der Waals surface area contributed by atoms with Crippen molar-refractivity contribution in [3.05, 3.63) is 58.1 Å². The second-order valence-electron chi connectivity index (χ2n) is 5.01. The van der Waals surface area contributed by atoms with Crippen LogP contribution in [0.15, 0.2) is 46.9 Å². The molecular formula is C16H19BrN2O. The summed E-state index contributed by atoms with van der Waals surface area (Å²) in [6.07, 6.45) is 0. The van der Waals surface area contributed by atoms with Crippen LogP contribution in [0.25, 0.3) is 0 Å². The van der Waals surface area contributed by atoms with Gasteiger partial charge in [-0.05, 0) is 30.7 Å². The minimum Gasteiger partial charge on any atom is -0.508 e. The molecule has 0 aliphatic rings. The summed E-state index contributed by atoms with van der Waals surface area (Å²) < 4.78 is 1.07. The summed E-state index contributed by atoms with van der Waals surface area (Å²) in [5.74, 6) is 0.250. The molecule has 0 bridgehead atoms. The van der Waals surface area contributed by atoms with Gasteiger partial charge >= 0.3 is 0 Å². The van der Waals surface area contributed by atoms with E-state index in [0.717, 1.165) is 22.3 Å². The number of nitrogens with zero attached hydrogens (tertiary/aromatic N) is 1. The van der Waals surface area contributed by atoms with Crippen molar-refractivity contribution >= 4 is 21.6 Å². The van der Waals surface area contributed by atoms with Crippen LogP contribution in [0.3, 0.4) is 0 Å². The van der Waals surface area contributed by atoms with Crippen LogP contribution in [0.2, 0.25) is 0 Å². The number of rotatable bonds is 4. The van der Waals surface area contributed by atoms with Crippen LogP contribution < -0.4 is 10.6 Å². The second kappa shape index (κ2) is 6.29. The molecule has 0 amide bonds. The van der Waals surface area contributed by atoms with E-state index < -0.39 is 0 Å². The smallest absolute Gasteiger partial charge is 0.122 e. The van der Waals surface area contributed by atoms with Crippen molar-refractivity contribution in [3.63, 3.8) is 0 Å². The van der Waals surface area contributed by atoms with Crippen LogP contribution in [-0.2, 0) is 6.54 Å². The van der Waals surface area contributed by atoms with E-state index in [1.54, 1.807) is 6.07 Å². The highest BCUT2D eigenvalue weighted by Gasteiger charge is 2.09. The van der Waals surface area contributed by atoms with Crippen LogP contribution in [0, 0.1) is 0 Å². The molecule has 3 nitrogen and oxygen atoms in total. The van der Waals surface area contributed by atoms with Gasteiger partial charge in [0.05, 0.1) is 0 Å². The first-order valence-electron chi connectivity index (χ1n) is 6.51. The van der Waals surface area contributed by atoms with Gasteiger partial charge in [-0.1, -0.05) is 34.1 Å². The molecule has 0 spiro atoms. The third-order valence-corrected chi connectivity index (χ3v) is 3.81. The lowest BCUT2D eigenvalue weighted by Crippen LogP contribution is -2.16. The Hall–Kier alpha value is -1.52. The van der Waals surface area contributed by atoms with Crippen LogP contribution >= 0.6 is 15.9 Å². The first kappa shape index (κ1) is 14.9. The number of hydrogen-bond donors (Lipinski definition) is 2. The number of hydrogen-bond acceptors (Lipinski definition) is 3. The zero-order chi connectivity index (χ0) is 14.7. The van der Waals surface area contributed by atoms with E-state index in [4.69, 9.17) is 5.73 Å². The average Bonchev–Trinajstić information content (AvgIpc) is 2.40. The van der Waals surface area contributed by atoms with Crippen LogP contribution in [0.1, 0.15) is 24.1 Å². The molecule has 4 heteroatoms. The lowest BCUT2D eigenvalue weighted by atomic mass is 10.1. The second-order valence-corrected chi connectivity index (χ2v) is 5.93. The topological polar surface area (TPSA) is 49.5 Å². The third-order valence-electron chi connectivity index (χ3n) is 3.28. The molecule has 0 aliphatic carbocycles. The van der Waals surface area contributed by atoms with Crippen LogP contribution in [0.4, 0.5) is 5.69 Å². The number of phenolic OH excluding ortho intramolecular Hbond substituents is 1. The largest absolute Gasteiger partial charge is 0.508 e. The first-order valence-corrected chi connectivity index (χ1v) is 7.30. The minimum absolute atomic E-state index is 0.166. The number of aromatic hydroxyl groups is 1. The van der Waals surface area contributed by atoms with Crippen molar-refractivity contribution < 1.29 is 5.11 Å². The van der Waals surface area contributed by atoms with E-state index in [-0.39, 0.29) is 11.8 Å². The molecular weight excluding hydrogens is 316 g/mol. The fraction of sp³-hybridized carbons (Fsp3) is 0.250. The summed E-state index contributed by atoms with van der Waals surface area (Å²) in [4.78, 5) is 2.09. The number of phenols is 1. The van der Waals surface area contributed by atoms with Crippen molar-refractivity contribution in [2.24, 2.45) is 5.73 Å². The minimum atomic E-state index is -0.166. The fourth-order valence-electron chi connectivity index (χ4n) is 2.11. The number of nitrogens with two attached hydrogens (primary N) is 1. The summed E-state index contributed by atoms with van der Waals surface area (Å²) in [7, 11) is 2.00. The zero-order valence-electron chi connectivity index (χ0n) is 11.7. The van der Waals surface area contributed by atoms with Gasteiger partial charge in [0.1, 0.15) is 5.75 Å². The lowest BCUT2D eigenvalue weighted by molar-refractivity contribution is 0.464. The summed E-state index contributed by atoms with van der Waals surface area (Å²) in [6.45, 7) is 2.64. The fourth-order valence-corrected chi connectivity index (χ4v) is 2.37. The quantitative estimate of drug-likeness (QED) is 0.893. The van der Waals surface area contributed by atoms with Gasteiger partial charge in [-0.3, -0.25) is 0 Å². The summed E-state index contributed by atoms with van der Waals surface area (Å²) >= 11 is 3.43. The summed E-state index contributed by atoms with van der Waals surface area (Å²) in [6, 6.07) is 13.7. The Morgan fingerprint density at radius 3 is 2.40 bits per heavy atom. The van der Waals surface area contributed by atoms with Gasteiger partial charge in [0.15, 0.2) is 0 Å². The summed E-state index contributed by atoms with van der Waals surface area (Å²) in [5, 5.41) is 10.0. The molecule has 0 saturated heterocycles. The maximum absolute atomic E-state index is 10.0. The van der Waals surface area contributed by atoms with Crippen molar-refractivity contribution in [2.75, 3.05) is 11.9 Å². The lowest BCUT2D eigenvalue weighted by Gasteiger charge is -2.21. The number of halogens is 1. The Balaban J connectivity index is 2.15. The van der Waals surface area contributed by atoms with Crippen molar-refractivity contribution in [1.82, 2.24) is 0 Å². The van der Waals surface area contributed by atoms with Gasteiger partial charge in [-0.15, -0.1) is 0 Å². The van der Waals surface area contributed by atoms with Crippen molar-refractivity contribution in [2.45, 2.75) is 19.5 Å². The van der Waals surface area contributed by atoms with Gasteiger partial charge in [-0.2, -0.15) is 0 Å². The highest BCUT2D eigenvalue weighted by Crippen LogP contribution is 2.28. The Morgan fingerprint density at radius 1 is 1.20 bits per heavy atom. The Morgan fingerprint density at radius 2 is 1.85 bits per heavy atom. The van der Waals surface area contributed by atoms with Gasteiger partial charge in [-0.25, -0.2) is 0 Å². The molecule has 20 heavy (non-hydrogen) atoms. The zero-order valence-corrected chi connectivity index (χ0v) is 13.3. The molecule has 1 atom stereocenters. The SMILES string of the molecule is CC(N)c1ccc(N(C)Cc2ccc(Br)cc2)cc1O. The molecule has 0 aromatic heterocycles. The van der Waals surface area contributed by atoms with Crippen LogP contribution in [-0.4, -0.2) is 12.2 Å². The van der Waals surface area contributed by atoms with E-state index in [9.17, 15) is 5.11 Å². The Bertz CT molecular complexity index is 582. The maximum atomic E-state index is 10.0. The molecule has 2 aromatic rings. The maximum Gasteiger partial charge on any atom is 0.122 e. The molecule has 3 N–H and O–H groups in total. The van der Waals surface area contributed by atoms with Gasteiger partial charge in [0, 0.05) is 41.4 Å². The molecule has 0 saturated carbocycles. The van der Waals surface area contributed by atoms with E-state index >= 15 is 0 Å². The van der Waals surface area contributed by atoms with Gasteiger partial charge in [0.2, 0.25) is 0 Å². The van der Waals surface area contributed by atoms with Crippen molar-refractivity contribution in [1.29, 1.82) is 0 Å². The van der Waals surface area contributed by atoms with E-state index in [2.05, 4.69) is 33.0 Å². The van der Waals surface area contributed by atoms with E-state index in [1.807, 2.05) is 38.2 Å². The molecule has 0 fully saturated rings. The Kier molecular flexibility index (Phi) is 4.68. The molecule has 106 valence electrons. The van der Waals surface area contributed by atoms with Gasteiger partial charge in [0.25, 0.3) is 0 Å². The Labute approximate surface area is 128 Å². The monoisotopic (exact) mass is 334 g/mol. The molecule has 0 aliphatic heterocycles. The predicted molar refractivity (Wildman–Crippen MR) is 87.0 cm³/mol. The van der Waals surface area contributed by atoms with E-state index in [0.29, 0.717) is 0 Å². The standard InChI is InChI=1S/C16H19BrN2O/c1-11(18)15-8-7-14(9-16(15)20)19(2)10-12-3-5-13(17)6-4-12/h3-9,11,20H,10,18H2,1-2H3. The molecule has 0 heterocycles. The van der Waals surface area contributed by atoms with E-state index in [1.165, 1.54) is 5.56 Å². The number of benzene rings is 2. The number of anilines is 1. The van der Waals surface area contributed by atoms with Crippen LogP contribution in [0.5, 0.6) is 5.75 Å². The summed E-state index contributed by atoms with van der Waals surface area (Å²) in [5.41, 5.74) is 8.75. The molecule has 1 unspecified atom stereocenters. The molecule has 0 radical (unpaired) electrons. The predicted octanol–water partition coefficient (Wildman–Crippen LogP) is 3.81. The molecule has 2 rings (SSSR count). The first-order chi connectivity index (χ1) is 9.47. The average molecular weight is 335 g/mol. The van der Waals surface area contributed by atoms with Gasteiger partial charge < -0.3 is 15.7 Å².